The van der Waals surface area contributed by atoms with Crippen LogP contribution in [0.5, 0.6) is 0 Å². The van der Waals surface area contributed by atoms with Crippen molar-refractivity contribution in [1.82, 2.24) is 0 Å². The number of benzene rings is 1. The van der Waals surface area contributed by atoms with Crippen LogP contribution in [-0.2, 0) is 6.42 Å². The summed E-state index contributed by atoms with van der Waals surface area (Å²) in [6.45, 7) is 4.19. The molecule has 2 N–H and O–H groups in total. The minimum atomic E-state index is -0.00329. The average molecular weight is 228 g/mol. The maximum Gasteiger partial charge on any atom is 0.00970 e. The first-order valence-electron chi connectivity index (χ1n) is 5.41. The van der Waals surface area contributed by atoms with E-state index in [1.807, 2.05) is 0 Å². The summed E-state index contributed by atoms with van der Waals surface area (Å²) in [4.78, 5) is 0. The molecule has 0 saturated carbocycles. The van der Waals surface area contributed by atoms with Crippen LogP contribution in [0.3, 0.4) is 0 Å². The Morgan fingerprint density at radius 1 is 1.07 bits per heavy atom. The minimum Gasteiger partial charge on any atom is -0.326 e. The maximum atomic E-state index is 5.91. The summed E-state index contributed by atoms with van der Waals surface area (Å²) >= 11 is 0. The molecule has 86 valence electrons. The minimum absolute atomic E-state index is 0. The third-order valence-corrected chi connectivity index (χ3v) is 2.38. The van der Waals surface area contributed by atoms with Crippen molar-refractivity contribution in [3.63, 3.8) is 0 Å². The second-order valence-electron chi connectivity index (χ2n) is 4.68. The maximum absolute atomic E-state index is 5.91. The summed E-state index contributed by atoms with van der Waals surface area (Å²) in [7, 11) is 0. The summed E-state index contributed by atoms with van der Waals surface area (Å²) in [6.07, 6.45) is 4.75. The lowest BCUT2D eigenvalue weighted by Crippen LogP contribution is -2.31. The molecule has 0 saturated heterocycles. The van der Waals surface area contributed by atoms with Crippen LogP contribution in [0.2, 0.25) is 0 Å². The fourth-order valence-corrected chi connectivity index (χ4v) is 1.55. The molecule has 0 amide bonds. The van der Waals surface area contributed by atoms with Crippen molar-refractivity contribution < 1.29 is 0 Å². The van der Waals surface area contributed by atoms with Gasteiger partial charge in [-0.25, -0.2) is 0 Å². The van der Waals surface area contributed by atoms with Crippen molar-refractivity contribution in [2.75, 3.05) is 0 Å². The van der Waals surface area contributed by atoms with Gasteiger partial charge in [-0.1, -0.05) is 36.8 Å². The first kappa shape index (κ1) is 14.5. The molecule has 0 radical (unpaired) electrons. The van der Waals surface area contributed by atoms with E-state index in [1.165, 1.54) is 24.8 Å². The third kappa shape index (κ3) is 7.40. The normalized spacial score (nSPS) is 10.9. The Hall–Kier alpha value is -0.530. The Labute approximate surface area is 99.5 Å². The topological polar surface area (TPSA) is 26.0 Å². The Morgan fingerprint density at radius 2 is 1.67 bits per heavy atom. The first-order chi connectivity index (χ1) is 6.58. The smallest absolute Gasteiger partial charge is 0.00970 e. The molecule has 0 aromatic heterocycles. The number of rotatable bonds is 5. The Morgan fingerprint density at radius 3 is 2.20 bits per heavy atom. The van der Waals surface area contributed by atoms with Crippen LogP contribution >= 0.6 is 12.4 Å². The largest absolute Gasteiger partial charge is 0.326 e. The lowest BCUT2D eigenvalue weighted by atomic mass is 9.97. The van der Waals surface area contributed by atoms with Gasteiger partial charge < -0.3 is 5.73 Å². The summed E-state index contributed by atoms with van der Waals surface area (Å²) < 4.78 is 0. The highest BCUT2D eigenvalue weighted by atomic mass is 35.5. The fourth-order valence-electron chi connectivity index (χ4n) is 1.55. The van der Waals surface area contributed by atoms with E-state index in [4.69, 9.17) is 5.73 Å². The molecule has 15 heavy (non-hydrogen) atoms. The molecule has 0 aliphatic heterocycles. The van der Waals surface area contributed by atoms with Gasteiger partial charge in [0, 0.05) is 5.54 Å². The van der Waals surface area contributed by atoms with Gasteiger partial charge in [-0.3, -0.25) is 0 Å². The monoisotopic (exact) mass is 227 g/mol. The van der Waals surface area contributed by atoms with E-state index in [-0.39, 0.29) is 17.9 Å². The number of halogens is 1. The zero-order valence-electron chi connectivity index (χ0n) is 9.70. The summed E-state index contributed by atoms with van der Waals surface area (Å²) in [5.41, 5.74) is 7.34. The quantitative estimate of drug-likeness (QED) is 0.765. The van der Waals surface area contributed by atoms with Crippen molar-refractivity contribution in [2.45, 2.75) is 45.1 Å². The van der Waals surface area contributed by atoms with E-state index in [1.54, 1.807) is 0 Å². The van der Waals surface area contributed by atoms with Crippen molar-refractivity contribution >= 4 is 12.4 Å². The van der Waals surface area contributed by atoms with Gasteiger partial charge in [0.1, 0.15) is 0 Å². The van der Waals surface area contributed by atoms with Gasteiger partial charge in [-0.05, 0) is 38.7 Å². The predicted octanol–water partition coefficient (Wildman–Crippen LogP) is 3.56. The predicted molar refractivity (Wildman–Crippen MR) is 69.5 cm³/mol. The lowest BCUT2D eigenvalue weighted by molar-refractivity contribution is 0.450. The zero-order chi connectivity index (χ0) is 10.4. The van der Waals surface area contributed by atoms with Crippen molar-refractivity contribution in [2.24, 2.45) is 5.73 Å². The van der Waals surface area contributed by atoms with Crippen LogP contribution in [0.15, 0.2) is 30.3 Å². The van der Waals surface area contributed by atoms with Crippen LogP contribution in [0.4, 0.5) is 0 Å². The molecule has 1 nitrogen and oxygen atoms in total. The second-order valence-corrected chi connectivity index (χ2v) is 4.68. The van der Waals surface area contributed by atoms with Gasteiger partial charge >= 0.3 is 0 Å². The van der Waals surface area contributed by atoms with Crippen LogP contribution in [-0.4, -0.2) is 5.54 Å². The van der Waals surface area contributed by atoms with Gasteiger partial charge in [0.25, 0.3) is 0 Å². The number of unbranched alkanes of at least 4 members (excludes halogenated alkanes) is 1. The highest BCUT2D eigenvalue weighted by Gasteiger charge is 2.08. The molecule has 0 spiro atoms. The highest BCUT2D eigenvalue weighted by Crippen LogP contribution is 2.11. The van der Waals surface area contributed by atoms with E-state index in [9.17, 15) is 0 Å². The zero-order valence-corrected chi connectivity index (χ0v) is 10.5. The molecular formula is C13H22ClN. The molecule has 2 heteroatoms. The van der Waals surface area contributed by atoms with Gasteiger partial charge in [-0.15, -0.1) is 12.4 Å². The van der Waals surface area contributed by atoms with Gasteiger partial charge in [0.15, 0.2) is 0 Å². The summed E-state index contributed by atoms with van der Waals surface area (Å²) in [5.74, 6) is 0. The summed E-state index contributed by atoms with van der Waals surface area (Å²) in [6, 6.07) is 10.6. The van der Waals surface area contributed by atoms with Crippen LogP contribution in [0.1, 0.15) is 38.7 Å². The molecule has 1 aromatic rings. The molecule has 0 bridgehead atoms. The first-order valence-corrected chi connectivity index (χ1v) is 5.41. The average Bonchev–Trinajstić information content (AvgIpc) is 2.13. The number of hydrogen-bond acceptors (Lipinski definition) is 1. The Balaban J connectivity index is 0.00000196. The van der Waals surface area contributed by atoms with E-state index in [0.29, 0.717) is 0 Å². The molecule has 1 aromatic carbocycles. The Bertz CT molecular complexity index is 251. The highest BCUT2D eigenvalue weighted by molar-refractivity contribution is 5.85. The van der Waals surface area contributed by atoms with Gasteiger partial charge in [0.2, 0.25) is 0 Å². The number of hydrogen-bond donors (Lipinski definition) is 1. The molecule has 0 heterocycles. The molecule has 1 rings (SSSR count). The SMILES string of the molecule is CC(C)(N)CCCCc1ccccc1.Cl. The van der Waals surface area contributed by atoms with E-state index in [2.05, 4.69) is 44.2 Å². The molecule has 0 fully saturated rings. The molecule has 0 aliphatic rings. The summed E-state index contributed by atoms with van der Waals surface area (Å²) in [5, 5.41) is 0. The van der Waals surface area contributed by atoms with E-state index < -0.39 is 0 Å². The van der Waals surface area contributed by atoms with Gasteiger partial charge in [0.05, 0.1) is 0 Å². The standard InChI is InChI=1S/C13H21N.ClH/c1-13(2,14)11-7-6-10-12-8-4-3-5-9-12;/h3-5,8-9H,6-7,10-11,14H2,1-2H3;1H. The van der Waals surface area contributed by atoms with E-state index >= 15 is 0 Å². The third-order valence-electron chi connectivity index (χ3n) is 2.38. The lowest BCUT2D eigenvalue weighted by Gasteiger charge is -2.17. The molecule has 0 aliphatic carbocycles. The second kappa shape index (κ2) is 6.86. The van der Waals surface area contributed by atoms with Crippen LogP contribution < -0.4 is 5.73 Å². The molecule has 0 unspecified atom stereocenters. The van der Waals surface area contributed by atoms with Crippen molar-refractivity contribution in [1.29, 1.82) is 0 Å². The number of nitrogens with two attached hydrogens (primary N) is 1. The van der Waals surface area contributed by atoms with Crippen LogP contribution in [0, 0.1) is 0 Å². The molecular weight excluding hydrogens is 206 g/mol. The van der Waals surface area contributed by atoms with Crippen molar-refractivity contribution in [3.8, 4) is 0 Å². The molecule has 0 atom stereocenters. The van der Waals surface area contributed by atoms with Crippen molar-refractivity contribution in [3.05, 3.63) is 35.9 Å². The Kier molecular flexibility index (Phi) is 6.62. The fraction of sp³-hybridized carbons (Fsp3) is 0.538. The van der Waals surface area contributed by atoms with Crippen LogP contribution in [0.25, 0.3) is 0 Å². The van der Waals surface area contributed by atoms with E-state index in [0.717, 1.165) is 6.42 Å². The van der Waals surface area contributed by atoms with Gasteiger partial charge in [-0.2, -0.15) is 0 Å². The number of aryl methyl sites for hydroxylation is 1.